The zero-order valence-corrected chi connectivity index (χ0v) is 10.2. The fourth-order valence-electron chi connectivity index (χ4n) is 1.90. The van der Waals surface area contributed by atoms with Crippen LogP contribution >= 0.6 is 0 Å². The van der Waals surface area contributed by atoms with Crippen molar-refractivity contribution in [3.05, 3.63) is 11.6 Å². The van der Waals surface area contributed by atoms with Gasteiger partial charge in [0.1, 0.15) is 0 Å². The number of hydrogen-bond donors (Lipinski definition) is 1. The molecule has 1 rings (SSSR count). The van der Waals surface area contributed by atoms with E-state index in [1.165, 1.54) is 5.57 Å². The van der Waals surface area contributed by atoms with E-state index in [0.717, 1.165) is 25.8 Å². The van der Waals surface area contributed by atoms with Gasteiger partial charge in [-0.25, -0.2) is 0 Å². The first-order valence-corrected chi connectivity index (χ1v) is 5.90. The molecule has 0 bridgehead atoms. The van der Waals surface area contributed by atoms with E-state index in [-0.39, 0.29) is 11.9 Å². The Labute approximate surface area is 97.4 Å². The predicted octanol–water partition coefficient (Wildman–Crippen LogP) is 0.919. The van der Waals surface area contributed by atoms with Crippen LogP contribution in [0.1, 0.15) is 26.2 Å². The third kappa shape index (κ3) is 3.61. The summed E-state index contributed by atoms with van der Waals surface area (Å²) in [4.78, 5) is 13.7. The molecule has 0 aromatic carbocycles. The molecule has 1 amide bonds. The molecule has 1 atom stereocenters. The monoisotopic (exact) mass is 226 g/mol. The van der Waals surface area contributed by atoms with E-state index in [0.29, 0.717) is 13.2 Å². The number of carbonyl (C=O) groups excluding carboxylic acids is 1. The van der Waals surface area contributed by atoms with Gasteiger partial charge in [0.05, 0.1) is 12.6 Å². The van der Waals surface area contributed by atoms with Gasteiger partial charge in [-0.05, 0) is 18.4 Å². The van der Waals surface area contributed by atoms with E-state index >= 15 is 0 Å². The minimum absolute atomic E-state index is 0.0783. The maximum atomic E-state index is 11.9. The molecule has 2 N–H and O–H groups in total. The minimum atomic E-state index is -0.331. The highest BCUT2D eigenvalue weighted by Crippen LogP contribution is 2.12. The molecule has 16 heavy (non-hydrogen) atoms. The lowest BCUT2D eigenvalue weighted by molar-refractivity contribution is -0.132. The average molecular weight is 226 g/mol. The van der Waals surface area contributed by atoms with Gasteiger partial charge in [0.15, 0.2) is 0 Å². The van der Waals surface area contributed by atoms with Crippen LogP contribution in [0, 0.1) is 0 Å². The molecule has 1 aliphatic rings. The lowest BCUT2D eigenvalue weighted by Crippen LogP contribution is -2.45. The van der Waals surface area contributed by atoms with E-state index in [1.54, 1.807) is 7.11 Å². The molecular formula is C12H22N2O2. The van der Waals surface area contributed by atoms with Crippen molar-refractivity contribution in [2.45, 2.75) is 32.2 Å². The summed E-state index contributed by atoms with van der Waals surface area (Å²) in [5.74, 6) is 0.0783. The number of rotatable bonds is 5. The van der Waals surface area contributed by atoms with Crippen molar-refractivity contribution < 1.29 is 9.53 Å². The van der Waals surface area contributed by atoms with Crippen molar-refractivity contribution in [1.82, 2.24) is 4.90 Å². The maximum absolute atomic E-state index is 11.9. The number of hydrogen-bond acceptors (Lipinski definition) is 3. The Morgan fingerprint density at radius 2 is 2.44 bits per heavy atom. The standard InChI is InChI=1S/C12H22N2O2/c1-3-4-11(13)12(15)14-7-5-10(6-8-14)9-16-2/h5,11H,3-4,6-9,13H2,1-2H3/t11-/m0/s1. The van der Waals surface area contributed by atoms with Crippen molar-refractivity contribution in [3.8, 4) is 0 Å². The lowest BCUT2D eigenvalue weighted by atomic mass is 10.1. The topological polar surface area (TPSA) is 55.6 Å². The highest BCUT2D eigenvalue weighted by atomic mass is 16.5. The third-order valence-electron chi connectivity index (χ3n) is 2.86. The van der Waals surface area contributed by atoms with E-state index in [2.05, 4.69) is 6.08 Å². The first-order valence-electron chi connectivity index (χ1n) is 5.90. The highest BCUT2D eigenvalue weighted by Gasteiger charge is 2.21. The summed E-state index contributed by atoms with van der Waals surface area (Å²) in [6, 6.07) is -0.331. The zero-order chi connectivity index (χ0) is 12.0. The quantitative estimate of drug-likeness (QED) is 0.709. The Kier molecular flexibility index (Phi) is 5.49. The van der Waals surface area contributed by atoms with Gasteiger partial charge in [-0.15, -0.1) is 0 Å². The van der Waals surface area contributed by atoms with Crippen molar-refractivity contribution in [2.24, 2.45) is 5.73 Å². The number of carbonyl (C=O) groups is 1. The smallest absolute Gasteiger partial charge is 0.239 e. The van der Waals surface area contributed by atoms with Gasteiger partial charge in [-0.2, -0.15) is 0 Å². The fraction of sp³-hybridized carbons (Fsp3) is 0.750. The van der Waals surface area contributed by atoms with Crippen LogP contribution < -0.4 is 5.73 Å². The maximum Gasteiger partial charge on any atom is 0.239 e. The van der Waals surface area contributed by atoms with Crippen molar-refractivity contribution >= 4 is 5.91 Å². The van der Waals surface area contributed by atoms with Gasteiger partial charge >= 0.3 is 0 Å². The summed E-state index contributed by atoms with van der Waals surface area (Å²) < 4.78 is 5.07. The van der Waals surface area contributed by atoms with E-state index in [4.69, 9.17) is 10.5 Å². The van der Waals surface area contributed by atoms with Crippen molar-refractivity contribution in [2.75, 3.05) is 26.8 Å². The Morgan fingerprint density at radius 1 is 1.69 bits per heavy atom. The molecule has 0 aromatic rings. The van der Waals surface area contributed by atoms with Crippen LogP contribution in [0.25, 0.3) is 0 Å². The molecule has 0 spiro atoms. The van der Waals surface area contributed by atoms with E-state index < -0.39 is 0 Å². The molecule has 0 aliphatic carbocycles. The van der Waals surface area contributed by atoms with E-state index in [1.807, 2.05) is 11.8 Å². The van der Waals surface area contributed by atoms with Crippen LogP contribution in [0.4, 0.5) is 0 Å². The Balaban J connectivity index is 2.43. The molecule has 0 radical (unpaired) electrons. The summed E-state index contributed by atoms with van der Waals surface area (Å²) in [6.07, 6.45) is 4.69. The SMILES string of the molecule is CCC[C@H](N)C(=O)N1CC=C(COC)CC1. The summed E-state index contributed by atoms with van der Waals surface area (Å²) in [5.41, 5.74) is 7.09. The summed E-state index contributed by atoms with van der Waals surface area (Å²) in [6.45, 7) is 4.16. The summed E-state index contributed by atoms with van der Waals surface area (Å²) in [5, 5.41) is 0. The normalized spacial score (nSPS) is 18.2. The van der Waals surface area contributed by atoms with Crippen molar-refractivity contribution in [1.29, 1.82) is 0 Å². The molecule has 0 saturated carbocycles. The largest absolute Gasteiger partial charge is 0.380 e. The molecule has 92 valence electrons. The Hall–Kier alpha value is -0.870. The Morgan fingerprint density at radius 3 is 2.94 bits per heavy atom. The van der Waals surface area contributed by atoms with Gasteiger partial charge in [0.2, 0.25) is 5.91 Å². The first kappa shape index (κ1) is 13.2. The van der Waals surface area contributed by atoms with Crippen LogP contribution in [0.3, 0.4) is 0 Å². The molecule has 0 aromatic heterocycles. The molecule has 4 nitrogen and oxygen atoms in total. The number of nitrogens with zero attached hydrogens (tertiary/aromatic N) is 1. The van der Waals surface area contributed by atoms with Gasteiger partial charge in [0, 0.05) is 20.2 Å². The fourth-order valence-corrected chi connectivity index (χ4v) is 1.90. The van der Waals surface area contributed by atoms with Crippen LogP contribution in [0.15, 0.2) is 11.6 Å². The second-order valence-electron chi connectivity index (χ2n) is 4.22. The first-order chi connectivity index (χ1) is 7.69. The van der Waals surface area contributed by atoms with Crippen LogP contribution in [-0.2, 0) is 9.53 Å². The number of methoxy groups -OCH3 is 1. The molecular weight excluding hydrogens is 204 g/mol. The van der Waals surface area contributed by atoms with Crippen LogP contribution in [0.2, 0.25) is 0 Å². The summed E-state index contributed by atoms with van der Waals surface area (Å²) in [7, 11) is 1.69. The predicted molar refractivity (Wildman–Crippen MR) is 64.0 cm³/mol. The molecule has 0 saturated heterocycles. The summed E-state index contributed by atoms with van der Waals surface area (Å²) >= 11 is 0. The molecule has 4 heteroatoms. The number of amides is 1. The van der Waals surface area contributed by atoms with Crippen LogP contribution in [-0.4, -0.2) is 43.7 Å². The van der Waals surface area contributed by atoms with Gasteiger partial charge in [-0.3, -0.25) is 4.79 Å². The second-order valence-corrected chi connectivity index (χ2v) is 4.22. The molecule has 1 heterocycles. The zero-order valence-electron chi connectivity index (χ0n) is 10.2. The van der Waals surface area contributed by atoms with Crippen molar-refractivity contribution in [3.63, 3.8) is 0 Å². The highest BCUT2D eigenvalue weighted by molar-refractivity contribution is 5.81. The van der Waals surface area contributed by atoms with Crippen LogP contribution in [0.5, 0.6) is 0 Å². The second kappa shape index (κ2) is 6.66. The van der Waals surface area contributed by atoms with Gasteiger partial charge in [-0.1, -0.05) is 19.4 Å². The third-order valence-corrected chi connectivity index (χ3v) is 2.86. The molecule has 1 aliphatic heterocycles. The molecule has 0 fully saturated rings. The molecule has 0 unspecified atom stereocenters. The lowest BCUT2D eigenvalue weighted by Gasteiger charge is -2.28. The minimum Gasteiger partial charge on any atom is -0.380 e. The van der Waals surface area contributed by atoms with Gasteiger partial charge < -0.3 is 15.4 Å². The average Bonchev–Trinajstić information content (AvgIpc) is 2.30. The van der Waals surface area contributed by atoms with E-state index in [9.17, 15) is 4.79 Å². The van der Waals surface area contributed by atoms with Gasteiger partial charge in [0.25, 0.3) is 0 Å². The number of nitrogens with two attached hydrogens (primary N) is 1. The Bertz CT molecular complexity index is 264. The number of ether oxygens (including phenoxy) is 1.